The zero-order valence-corrected chi connectivity index (χ0v) is 16.6. The first-order chi connectivity index (χ1) is 12.9. The molecule has 1 aromatic carbocycles. The van der Waals surface area contributed by atoms with Gasteiger partial charge in [-0.2, -0.15) is 0 Å². The maximum Gasteiger partial charge on any atom is 0.320 e. The van der Waals surface area contributed by atoms with Crippen molar-refractivity contribution in [1.29, 1.82) is 0 Å². The highest BCUT2D eigenvalue weighted by Gasteiger charge is 2.19. The third-order valence-corrected chi connectivity index (χ3v) is 4.97. The van der Waals surface area contributed by atoms with Crippen LogP contribution in [0.5, 0.6) is 0 Å². The minimum atomic E-state index is -0.229. The van der Waals surface area contributed by atoms with Gasteiger partial charge in [-0.15, -0.1) is 0 Å². The second-order valence-electron chi connectivity index (χ2n) is 7.35. The first-order valence-corrected chi connectivity index (χ1v) is 9.53. The van der Waals surface area contributed by atoms with E-state index in [1.54, 1.807) is 0 Å². The summed E-state index contributed by atoms with van der Waals surface area (Å²) in [6.07, 6.45) is 1.83. The van der Waals surface area contributed by atoms with Crippen LogP contribution < -0.4 is 20.4 Å². The second kappa shape index (κ2) is 8.29. The van der Waals surface area contributed by atoms with E-state index in [9.17, 15) is 4.79 Å². The predicted molar refractivity (Wildman–Crippen MR) is 112 cm³/mol. The van der Waals surface area contributed by atoms with E-state index >= 15 is 0 Å². The van der Waals surface area contributed by atoms with Crippen molar-refractivity contribution in [2.75, 3.05) is 41.3 Å². The molecule has 1 aliphatic rings. The molecule has 0 spiro atoms. The van der Waals surface area contributed by atoms with E-state index in [0.29, 0.717) is 5.82 Å². The zero-order chi connectivity index (χ0) is 19.4. The van der Waals surface area contributed by atoms with Crippen molar-refractivity contribution < 1.29 is 4.79 Å². The Labute approximate surface area is 161 Å². The Morgan fingerprint density at radius 1 is 1.04 bits per heavy atom. The minimum Gasteiger partial charge on any atom is -0.368 e. The lowest BCUT2D eigenvalue weighted by Crippen LogP contribution is -2.46. The van der Waals surface area contributed by atoms with Gasteiger partial charge in [0, 0.05) is 37.9 Å². The third kappa shape index (κ3) is 4.70. The highest BCUT2D eigenvalue weighted by Crippen LogP contribution is 2.25. The number of nitrogens with zero attached hydrogens (tertiary/aromatic N) is 3. The van der Waals surface area contributed by atoms with Gasteiger partial charge in [0.05, 0.1) is 11.9 Å². The third-order valence-electron chi connectivity index (χ3n) is 4.97. The van der Waals surface area contributed by atoms with Gasteiger partial charge in [-0.25, -0.2) is 9.78 Å². The van der Waals surface area contributed by atoms with Gasteiger partial charge in [-0.1, -0.05) is 12.1 Å². The summed E-state index contributed by atoms with van der Waals surface area (Å²) < 4.78 is 0. The molecular weight excluding hydrogens is 338 g/mol. The highest BCUT2D eigenvalue weighted by molar-refractivity contribution is 5.88. The van der Waals surface area contributed by atoms with E-state index < -0.39 is 0 Å². The first-order valence-electron chi connectivity index (χ1n) is 9.53. The Kier molecular flexibility index (Phi) is 5.84. The number of anilines is 3. The van der Waals surface area contributed by atoms with Crippen molar-refractivity contribution in [3.63, 3.8) is 0 Å². The van der Waals surface area contributed by atoms with Crippen molar-refractivity contribution in [2.45, 2.75) is 33.7 Å². The van der Waals surface area contributed by atoms with Crippen molar-refractivity contribution in [3.05, 3.63) is 47.7 Å². The molecule has 0 unspecified atom stereocenters. The summed E-state index contributed by atoms with van der Waals surface area (Å²) in [5, 5.41) is 5.55. The van der Waals surface area contributed by atoms with Crippen molar-refractivity contribution in [2.24, 2.45) is 0 Å². The number of rotatable bonds is 4. The molecule has 1 aromatic heterocycles. The summed E-state index contributed by atoms with van der Waals surface area (Å²) >= 11 is 0. The Hall–Kier alpha value is -2.76. The molecule has 1 saturated heterocycles. The van der Waals surface area contributed by atoms with E-state index in [-0.39, 0.29) is 12.1 Å². The molecule has 2 amide bonds. The van der Waals surface area contributed by atoms with E-state index in [2.05, 4.69) is 57.5 Å². The number of hydrogen-bond donors (Lipinski definition) is 2. The SMILES string of the molecule is Cc1cccc(N2CCN(c3ccc(NC(=O)NC(C)C)nc3)CC2)c1C. The summed E-state index contributed by atoms with van der Waals surface area (Å²) in [6.45, 7) is 12.1. The number of pyridine rings is 1. The van der Waals surface area contributed by atoms with Crippen LogP contribution in [0.1, 0.15) is 25.0 Å². The van der Waals surface area contributed by atoms with Gasteiger partial charge >= 0.3 is 6.03 Å². The standard InChI is InChI=1S/C21H29N5O/c1-15(2)23-21(27)24-20-9-8-18(14-22-20)25-10-12-26(13-11-25)19-7-5-6-16(3)17(19)4/h5-9,14-15H,10-13H2,1-4H3,(H2,22,23,24,27). The van der Waals surface area contributed by atoms with Gasteiger partial charge in [-0.05, 0) is 57.0 Å². The fourth-order valence-electron chi connectivity index (χ4n) is 3.35. The summed E-state index contributed by atoms with van der Waals surface area (Å²) in [5.41, 5.74) is 5.13. The number of hydrogen-bond acceptors (Lipinski definition) is 4. The lowest BCUT2D eigenvalue weighted by molar-refractivity contribution is 0.250. The Morgan fingerprint density at radius 2 is 1.74 bits per heavy atom. The normalized spacial score (nSPS) is 14.4. The largest absolute Gasteiger partial charge is 0.368 e. The Bertz CT molecular complexity index is 780. The molecule has 0 atom stereocenters. The lowest BCUT2D eigenvalue weighted by atomic mass is 10.1. The van der Waals surface area contributed by atoms with Crippen molar-refractivity contribution in [1.82, 2.24) is 10.3 Å². The van der Waals surface area contributed by atoms with Crippen LogP contribution in [0.15, 0.2) is 36.5 Å². The molecule has 0 radical (unpaired) electrons. The molecule has 2 heterocycles. The molecule has 1 aliphatic heterocycles. The molecule has 0 saturated carbocycles. The average Bonchev–Trinajstić information content (AvgIpc) is 2.64. The Morgan fingerprint density at radius 3 is 2.37 bits per heavy atom. The predicted octanol–water partition coefficient (Wildman–Crippen LogP) is 3.55. The molecule has 0 aliphatic carbocycles. The van der Waals surface area contributed by atoms with Gasteiger partial charge < -0.3 is 15.1 Å². The summed E-state index contributed by atoms with van der Waals surface area (Å²) in [5.74, 6) is 0.561. The number of carbonyl (C=O) groups excluding carboxylic acids is 1. The van der Waals surface area contributed by atoms with Gasteiger partial charge in [0.1, 0.15) is 5.82 Å². The van der Waals surface area contributed by atoms with Crippen LogP contribution in [-0.4, -0.2) is 43.2 Å². The second-order valence-corrected chi connectivity index (χ2v) is 7.35. The molecule has 3 rings (SSSR count). The fraction of sp³-hybridized carbons (Fsp3) is 0.429. The maximum atomic E-state index is 11.8. The van der Waals surface area contributed by atoms with Crippen LogP contribution in [0.25, 0.3) is 0 Å². The molecule has 0 bridgehead atoms. The minimum absolute atomic E-state index is 0.0950. The van der Waals surface area contributed by atoms with E-state index in [1.807, 2.05) is 32.2 Å². The molecule has 144 valence electrons. The number of amides is 2. The molecule has 6 nitrogen and oxygen atoms in total. The topological polar surface area (TPSA) is 60.5 Å². The number of nitrogens with one attached hydrogen (secondary N) is 2. The first kappa shape index (κ1) is 19.0. The Balaban J connectivity index is 1.58. The fourth-order valence-corrected chi connectivity index (χ4v) is 3.35. The maximum absolute atomic E-state index is 11.8. The van der Waals surface area contributed by atoms with Gasteiger partial charge in [0.15, 0.2) is 0 Å². The molecule has 2 aromatic rings. The lowest BCUT2D eigenvalue weighted by Gasteiger charge is -2.38. The van der Waals surface area contributed by atoms with E-state index in [4.69, 9.17) is 0 Å². The number of urea groups is 1. The van der Waals surface area contributed by atoms with Crippen LogP contribution in [0.4, 0.5) is 22.0 Å². The summed E-state index contributed by atoms with van der Waals surface area (Å²) in [6, 6.07) is 10.2. The van der Waals surface area contributed by atoms with E-state index in [1.165, 1.54) is 16.8 Å². The van der Waals surface area contributed by atoms with Gasteiger partial charge in [-0.3, -0.25) is 5.32 Å². The zero-order valence-electron chi connectivity index (χ0n) is 16.6. The molecule has 1 fully saturated rings. The number of aryl methyl sites for hydroxylation is 1. The van der Waals surface area contributed by atoms with Crippen LogP contribution in [-0.2, 0) is 0 Å². The average molecular weight is 367 g/mol. The number of carbonyl (C=O) groups is 1. The number of benzene rings is 1. The van der Waals surface area contributed by atoms with Crippen molar-refractivity contribution in [3.8, 4) is 0 Å². The molecule has 27 heavy (non-hydrogen) atoms. The smallest absolute Gasteiger partial charge is 0.320 e. The number of piperazine rings is 1. The quantitative estimate of drug-likeness (QED) is 0.867. The molecular formula is C21H29N5O. The van der Waals surface area contributed by atoms with Crippen molar-refractivity contribution >= 4 is 23.2 Å². The summed E-state index contributed by atoms with van der Waals surface area (Å²) in [4.78, 5) is 20.9. The molecule has 2 N–H and O–H groups in total. The van der Waals surface area contributed by atoms with E-state index in [0.717, 1.165) is 31.9 Å². The monoisotopic (exact) mass is 367 g/mol. The van der Waals surface area contributed by atoms with Crippen LogP contribution in [0.2, 0.25) is 0 Å². The van der Waals surface area contributed by atoms with Gasteiger partial charge in [0.25, 0.3) is 0 Å². The summed E-state index contributed by atoms with van der Waals surface area (Å²) in [7, 11) is 0. The number of aromatic nitrogens is 1. The van der Waals surface area contributed by atoms with Crippen LogP contribution in [0.3, 0.4) is 0 Å². The van der Waals surface area contributed by atoms with Crippen LogP contribution >= 0.6 is 0 Å². The van der Waals surface area contributed by atoms with Gasteiger partial charge in [0.2, 0.25) is 0 Å². The molecule has 6 heteroatoms. The highest BCUT2D eigenvalue weighted by atomic mass is 16.2. The van der Waals surface area contributed by atoms with Crippen LogP contribution in [0, 0.1) is 13.8 Å².